The Labute approximate surface area is 135 Å². The van der Waals surface area contributed by atoms with Crippen molar-refractivity contribution in [3.05, 3.63) is 36.4 Å². The highest BCUT2D eigenvalue weighted by atomic mass is 16.5. The van der Waals surface area contributed by atoms with Gasteiger partial charge in [0.05, 0.1) is 31.9 Å². The zero-order valence-electron chi connectivity index (χ0n) is 13.8. The van der Waals surface area contributed by atoms with Gasteiger partial charge in [0.2, 0.25) is 0 Å². The number of aryl methyl sites for hydroxylation is 1. The predicted molar refractivity (Wildman–Crippen MR) is 90.4 cm³/mol. The Balaban J connectivity index is 2.12. The molecular formula is C18H20N2O3. The summed E-state index contributed by atoms with van der Waals surface area (Å²) in [6.45, 7) is 2.53. The fourth-order valence-corrected chi connectivity index (χ4v) is 2.65. The quantitative estimate of drug-likeness (QED) is 0.721. The van der Waals surface area contributed by atoms with Gasteiger partial charge in [0.1, 0.15) is 11.6 Å². The molecule has 0 aliphatic carbocycles. The fraction of sp³-hybridized carbons (Fsp3) is 0.278. The van der Waals surface area contributed by atoms with E-state index in [1.165, 1.54) is 0 Å². The first-order valence-electron chi connectivity index (χ1n) is 7.49. The number of nitrogens with zero attached hydrogens (tertiary/aromatic N) is 2. The van der Waals surface area contributed by atoms with Gasteiger partial charge in [0, 0.05) is 18.7 Å². The minimum Gasteiger partial charge on any atom is -0.497 e. The summed E-state index contributed by atoms with van der Waals surface area (Å²) >= 11 is 0. The highest BCUT2D eigenvalue weighted by Crippen LogP contribution is 2.33. The predicted octanol–water partition coefficient (Wildman–Crippen LogP) is 3.66. The van der Waals surface area contributed by atoms with Gasteiger partial charge in [0.25, 0.3) is 0 Å². The summed E-state index contributed by atoms with van der Waals surface area (Å²) in [6, 6.07) is 11.7. The van der Waals surface area contributed by atoms with Crippen molar-refractivity contribution in [2.45, 2.75) is 6.92 Å². The average Bonchev–Trinajstić information content (AvgIpc) is 2.91. The zero-order valence-corrected chi connectivity index (χ0v) is 13.8. The molecule has 1 heterocycles. The third-order valence-corrected chi connectivity index (χ3v) is 3.81. The van der Waals surface area contributed by atoms with Gasteiger partial charge in [-0.25, -0.2) is 4.98 Å². The molecule has 0 amide bonds. The summed E-state index contributed by atoms with van der Waals surface area (Å²) in [6.07, 6.45) is 0. The Hall–Kier alpha value is -2.69. The lowest BCUT2D eigenvalue weighted by Gasteiger charge is -2.11. The summed E-state index contributed by atoms with van der Waals surface area (Å²) < 4.78 is 18.3. The molecule has 0 fully saturated rings. The van der Waals surface area contributed by atoms with E-state index in [1.807, 2.05) is 50.4 Å². The Bertz CT molecular complexity index is 840. The number of benzene rings is 2. The number of ether oxygens (including phenoxy) is 3. The van der Waals surface area contributed by atoms with Crippen LogP contribution in [0.3, 0.4) is 0 Å². The number of imidazole rings is 1. The first-order valence-corrected chi connectivity index (χ1v) is 7.49. The Morgan fingerprint density at radius 1 is 1.00 bits per heavy atom. The molecule has 5 heteroatoms. The normalized spacial score (nSPS) is 10.8. The third-order valence-electron chi connectivity index (χ3n) is 3.81. The maximum Gasteiger partial charge on any atom is 0.161 e. The van der Waals surface area contributed by atoms with Crippen LogP contribution in [0.4, 0.5) is 0 Å². The van der Waals surface area contributed by atoms with Crippen molar-refractivity contribution in [1.29, 1.82) is 0 Å². The van der Waals surface area contributed by atoms with Gasteiger partial charge >= 0.3 is 0 Å². The molecule has 2 aromatic carbocycles. The van der Waals surface area contributed by atoms with Crippen molar-refractivity contribution in [2.75, 3.05) is 20.8 Å². The SMILES string of the molecule is CCOc1cc(-c2nc3cc(OC)ccc3n2C)ccc1OC. The highest BCUT2D eigenvalue weighted by Gasteiger charge is 2.13. The van der Waals surface area contributed by atoms with E-state index >= 15 is 0 Å². The van der Waals surface area contributed by atoms with Crippen LogP contribution in [0.15, 0.2) is 36.4 Å². The molecule has 0 bridgehead atoms. The van der Waals surface area contributed by atoms with Crippen LogP contribution in [-0.2, 0) is 7.05 Å². The lowest BCUT2D eigenvalue weighted by Crippen LogP contribution is -1.97. The molecule has 0 spiro atoms. The van der Waals surface area contributed by atoms with E-state index in [0.717, 1.165) is 39.7 Å². The molecule has 120 valence electrons. The Morgan fingerprint density at radius 3 is 2.52 bits per heavy atom. The summed E-state index contributed by atoms with van der Waals surface area (Å²) in [5.74, 6) is 3.11. The summed E-state index contributed by atoms with van der Waals surface area (Å²) in [4.78, 5) is 4.73. The molecule has 0 saturated heterocycles. The molecule has 0 aliphatic rings. The van der Waals surface area contributed by atoms with Crippen molar-refractivity contribution in [2.24, 2.45) is 7.05 Å². The fourth-order valence-electron chi connectivity index (χ4n) is 2.65. The maximum atomic E-state index is 5.66. The average molecular weight is 312 g/mol. The standard InChI is InChI=1S/C18H20N2O3/c1-5-23-17-10-12(6-9-16(17)22-4)18-19-14-11-13(21-3)7-8-15(14)20(18)2/h6-11H,5H2,1-4H3. The van der Waals surface area contributed by atoms with Crippen molar-refractivity contribution < 1.29 is 14.2 Å². The van der Waals surface area contributed by atoms with Crippen molar-refractivity contribution in [3.63, 3.8) is 0 Å². The smallest absolute Gasteiger partial charge is 0.161 e. The minimum absolute atomic E-state index is 0.583. The summed E-state index contributed by atoms with van der Waals surface area (Å²) in [7, 11) is 5.30. The van der Waals surface area contributed by atoms with E-state index in [1.54, 1.807) is 14.2 Å². The van der Waals surface area contributed by atoms with E-state index < -0.39 is 0 Å². The number of aromatic nitrogens is 2. The van der Waals surface area contributed by atoms with Gasteiger partial charge in [-0.15, -0.1) is 0 Å². The number of fused-ring (bicyclic) bond motifs is 1. The molecule has 0 saturated carbocycles. The second kappa shape index (κ2) is 6.20. The highest BCUT2D eigenvalue weighted by molar-refractivity contribution is 5.82. The molecule has 3 aromatic rings. The number of methoxy groups -OCH3 is 2. The molecule has 23 heavy (non-hydrogen) atoms. The molecule has 0 N–H and O–H groups in total. The second-order valence-electron chi connectivity index (χ2n) is 5.15. The van der Waals surface area contributed by atoms with Crippen LogP contribution in [-0.4, -0.2) is 30.4 Å². The van der Waals surface area contributed by atoms with E-state index in [9.17, 15) is 0 Å². The topological polar surface area (TPSA) is 45.5 Å². The summed E-state index contributed by atoms with van der Waals surface area (Å²) in [5, 5.41) is 0. The largest absolute Gasteiger partial charge is 0.497 e. The molecule has 3 rings (SSSR count). The van der Waals surface area contributed by atoms with Crippen molar-refractivity contribution >= 4 is 11.0 Å². The van der Waals surface area contributed by atoms with E-state index in [0.29, 0.717) is 6.61 Å². The summed E-state index contributed by atoms with van der Waals surface area (Å²) in [5.41, 5.74) is 2.93. The molecule has 5 nitrogen and oxygen atoms in total. The van der Waals surface area contributed by atoms with Gasteiger partial charge in [-0.3, -0.25) is 0 Å². The van der Waals surface area contributed by atoms with Crippen LogP contribution in [0, 0.1) is 0 Å². The molecular weight excluding hydrogens is 292 g/mol. The van der Waals surface area contributed by atoms with Crippen LogP contribution >= 0.6 is 0 Å². The zero-order chi connectivity index (χ0) is 16.4. The number of hydrogen-bond acceptors (Lipinski definition) is 4. The van der Waals surface area contributed by atoms with Gasteiger partial charge in [-0.05, 0) is 37.3 Å². The van der Waals surface area contributed by atoms with E-state index in [4.69, 9.17) is 19.2 Å². The van der Waals surface area contributed by atoms with Gasteiger partial charge in [-0.2, -0.15) is 0 Å². The first kappa shape index (κ1) is 15.2. The maximum absolute atomic E-state index is 5.66. The third kappa shape index (κ3) is 2.70. The molecule has 0 unspecified atom stereocenters. The second-order valence-corrected chi connectivity index (χ2v) is 5.15. The minimum atomic E-state index is 0.583. The molecule has 0 radical (unpaired) electrons. The molecule has 0 aliphatic heterocycles. The first-order chi connectivity index (χ1) is 11.2. The lowest BCUT2D eigenvalue weighted by atomic mass is 10.2. The van der Waals surface area contributed by atoms with Crippen LogP contribution in [0.1, 0.15) is 6.92 Å². The van der Waals surface area contributed by atoms with Crippen LogP contribution < -0.4 is 14.2 Å². The Morgan fingerprint density at radius 2 is 1.83 bits per heavy atom. The molecule has 1 aromatic heterocycles. The van der Waals surface area contributed by atoms with Crippen LogP contribution in [0.2, 0.25) is 0 Å². The van der Waals surface area contributed by atoms with Crippen molar-refractivity contribution in [1.82, 2.24) is 9.55 Å². The van der Waals surface area contributed by atoms with Gasteiger partial charge in [0.15, 0.2) is 11.5 Å². The van der Waals surface area contributed by atoms with Crippen LogP contribution in [0.25, 0.3) is 22.4 Å². The monoisotopic (exact) mass is 312 g/mol. The lowest BCUT2D eigenvalue weighted by molar-refractivity contribution is 0.311. The van der Waals surface area contributed by atoms with E-state index in [2.05, 4.69) is 4.57 Å². The van der Waals surface area contributed by atoms with Gasteiger partial charge in [-0.1, -0.05) is 0 Å². The van der Waals surface area contributed by atoms with Crippen molar-refractivity contribution in [3.8, 4) is 28.6 Å². The molecule has 0 atom stereocenters. The number of hydrogen-bond donors (Lipinski definition) is 0. The van der Waals surface area contributed by atoms with E-state index in [-0.39, 0.29) is 0 Å². The number of rotatable bonds is 5. The van der Waals surface area contributed by atoms with Gasteiger partial charge < -0.3 is 18.8 Å². The Kier molecular flexibility index (Phi) is 4.10. The van der Waals surface area contributed by atoms with Crippen LogP contribution in [0.5, 0.6) is 17.2 Å².